The first-order chi connectivity index (χ1) is 15.3. The highest BCUT2D eigenvalue weighted by Crippen LogP contribution is 2.23. The molecule has 1 aromatic carbocycles. The van der Waals surface area contributed by atoms with E-state index in [0.717, 1.165) is 10.2 Å². The molecule has 0 aliphatic carbocycles. The standard InChI is InChI=1S/C23H32N4O5S/c1-22(2,3)31-20(29)26-19(27-21(30)32-23(4,5)6)24-14-10-9-12-16(28)18-25-15-11-7-8-13-17(15)33-18/h7-8,11,13H,9-10,12,14H2,1-6H3,(H2,24,26,27,29,30). The van der Waals surface area contributed by atoms with Crippen molar-refractivity contribution in [2.75, 3.05) is 6.54 Å². The molecule has 2 N–H and O–H groups in total. The van der Waals surface area contributed by atoms with Crippen LogP contribution in [0.25, 0.3) is 10.2 Å². The van der Waals surface area contributed by atoms with E-state index < -0.39 is 23.4 Å². The number of thiazole rings is 1. The normalized spacial score (nSPS) is 11.6. The van der Waals surface area contributed by atoms with Crippen LogP contribution in [0.15, 0.2) is 29.3 Å². The molecule has 0 aliphatic rings. The number of unbranched alkanes of at least 4 members (excludes halogenated alkanes) is 1. The first-order valence-corrected chi connectivity index (χ1v) is 11.6. The van der Waals surface area contributed by atoms with Crippen LogP contribution in [0, 0.1) is 0 Å². The summed E-state index contributed by atoms with van der Waals surface area (Å²) in [6.07, 6.45) is 0.00636. The predicted octanol–water partition coefficient (Wildman–Crippen LogP) is 5.05. The van der Waals surface area contributed by atoms with Crippen LogP contribution in [-0.4, -0.2) is 46.7 Å². The number of para-hydroxylation sites is 1. The average molecular weight is 477 g/mol. The minimum Gasteiger partial charge on any atom is -0.444 e. The van der Waals surface area contributed by atoms with Gasteiger partial charge in [0.25, 0.3) is 0 Å². The Bertz CT molecular complexity index is 953. The second kappa shape index (κ2) is 11.2. The van der Waals surface area contributed by atoms with Crippen molar-refractivity contribution in [3.8, 4) is 0 Å². The zero-order chi connectivity index (χ0) is 24.6. The van der Waals surface area contributed by atoms with Crippen molar-refractivity contribution in [2.24, 2.45) is 4.99 Å². The monoisotopic (exact) mass is 476 g/mol. The molecular weight excluding hydrogens is 444 g/mol. The van der Waals surface area contributed by atoms with Gasteiger partial charge in [0, 0.05) is 13.0 Å². The lowest BCUT2D eigenvalue weighted by Gasteiger charge is -2.22. The molecule has 0 atom stereocenters. The molecule has 10 heteroatoms. The fourth-order valence-electron chi connectivity index (χ4n) is 2.60. The van der Waals surface area contributed by atoms with E-state index in [0.29, 0.717) is 24.3 Å². The van der Waals surface area contributed by atoms with Crippen molar-refractivity contribution in [3.05, 3.63) is 29.3 Å². The van der Waals surface area contributed by atoms with Gasteiger partial charge >= 0.3 is 12.2 Å². The Morgan fingerprint density at radius 2 is 1.52 bits per heavy atom. The first-order valence-electron chi connectivity index (χ1n) is 10.8. The summed E-state index contributed by atoms with van der Waals surface area (Å²) in [4.78, 5) is 45.2. The lowest BCUT2D eigenvalue weighted by atomic mass is 10.2. The van der Waals surface area contributed by atoms with Crippen molar-refractivity contribution < 1.29 is 23.9 Å². The fraction of sp³-hybridized carbons (Fsp3) is 0.522. The molecule has 180 valence electrons. The molecule has 9 nitrogen and oxygen atoms in total. The number of amides is 2. The van der Waals surface area contributed by atoms with Gasteiger partial charge in [-0.05, 0) is 66.5 Å². The summed E-state index contributed by atoms with van der Waals surface area (Å²) >= 11 is 1.39. The molecular formula is C23H32N4O5S. The zero-order valence-electron chi connectivity index (χ0n) is 20.0. The number of alkyl carbamates (subject to hydrolysis) is 2. The Kier molecular flexibility index (Phi) is 8.92. The summed E-state index contributed by atoms with van der Waals surface area (Å²) in [6.45, 7) is 10.7. The number of carbonyl (C=O) groups excluding carboxylic acids is 3. The molecule has 0 unspecified atom stereocenters. The Morgan fingerprint density at radius 3 is 2.06 bits per heavy atom. The summed E-state index contributed by atoms with van der Waals surface area (Å²) < 4.78 is 11.4. The van der Waals surface area contributed by atoms with E-state index in [-0.39, 0.29) is 18.3 Å². The largest absolute Gasteiger partial charge is 0.444 e. The summed E-state index contributed by atoms with van der Waals surface area (Å²) in [5, 5.41) is 5.36. The van der Waals surface area contributed by atoms with Crippen molar-refractivity contribution >= 4 is 45.5 Å². The minimum atomic E-state index is -0.747. The van der Waals surface area contributed by atoms with Crippen LogP contribution in [0.4, 0.5) is 9.59 Å². The van der Waals surface area contributed by atoms with Gasteiger partial charge in [-0.3, -0.25) is 20.4 Å². The van der Waals surface area contributed by atoms with Gasteiger partial charge in [-0.1, -0.05) is 12.1 Å². The third-order valence-corrected chi connectivity index (χ3v) is 4.93. The van der Waals surface area contributed by atoms with Crippen molar-refractivity contribution in [1.82, 2.24) is 15.6 Å². The summed E-state index contributed by atoms with van der Waals surface area (Å²) in [5.41, 5.74) is -0.592. The van der Waals surface area contributed by atoms with Crippen LogP contribution in [0.1, 0.15) is 70.6 Å². The van der Waals surface area contributed by atoms with Crippen molar-refractivity contribution in [2.45, 2.75) is 72.0 Å². The molecule has 2 aromatic rings. The molecule has 0 aliphatic heterocycles. The molecule has 0 saturated heterocycles. The highest BCUT2D eigenvalue weighted by atomic mass is 32.1. The van der Waals surface area contributed by atoms with E-state index in [4.69, 9.17) is 9.47 Å². The van der Waals surface area contributed by atoms with E-state index in [1.165, 1.54) is 11.3 Å². The van der Waals surface area contributed by atoms with Crippen LogP contribution < -0.4 is 10.6 Å². The fourth-order valence-corrected chi connectivity index (χ4v) is 3.53. The van der Waals surface area contributed by atoms with Crippen LogP contribution in [0.2, 0.25) is 0 Å². The highest BCUT2D eigenvalue weighted by Gasteiger charge is 2.21. The topological polar surface area (TPSA) is 119 Å². The van der Waals surface area contributed by atoms with Gasteiger partial charge in [-0.15, -0.1) is 11.3 Å². The third kappa shape index (κ3) is 9.98. The van der Waals surface area contributed by atoms with Gasteiger partial charge in [0.15, 0.2) is 10.8 Å². The van der Waals surface area contributed by atoms with Crippen LogP contribution >= 0.6 is 11.3 Å². The molecule has 1 aromatic heterocycles. The number of carbonyl (C=O) groups is 3. The molecule has 33 heavy (non-hydrogen) atoms. The van der Waals surface area contributed by atoms with Gasteiger partial charge in [0.2, 0.25) is 5.96 Å². The maximum atomic E-state index is 12.4. The number of ether oxygens (including phenoxy) is 2. The Hall–Kier alpha value is -3.01. The van der Waals surface area contributed by atoms with E-state index in [1.54, 1.807) is 41.5 Å². The number of hydrogen-bond acceptors (Lipinski definition) is 8. The Balaban J connectivity index is 1.90. The number of Topliss-reactive ketones (excluding diaryl/α,β-unsaturated/α-hetero) is 1. The van der Waals surface area contributed by atoms with Crippen molar-refractivity contribution in [1.29, 1.82) is 0 Å². The molecule has 0 fully saturated rings. The summed E-state index contributed by atoms with van der Waals surface area (Å²) in [6, 6.07) is 7.63. The van der Waals surface area contributed by atoms with Gasteiger partial charge in [0.1, 0.15) is 11.2 Å². The number of nitrogens with zero attached hydrogens (tertiary/aromatic N) is 2. The lowest BCUT2D eigenvalue weighted by molar-refractivity contribution is 0.0544. The third-order valence-electron chi connectivity index (χ3n) is 3.85. The first kappa shape index (κ1) is 26.2. The summed E-state index contributed by atoms with van der Waals surface area (Å²) in [7, 11) is 0. The number of nitrogens with one attached hydrogen (secondary N) is 2. The second-order valence-electron chi connectivity index (χ2n) is 9.35. The van der Waals surface area contributed by atoms with Gasteiger partial charge in [-0.2, -0.15) is 0 Å². The Labute approximate surface area is 198 Å². The van der Waals surface area contributed by atoms with E-state index in [2.05, 4.69) is 20.6 Å². The van der Waals surface area contributed by atoms with Gasteiger partial charge in [0.05, 0.1) is 10.2 Å². The molecule has 0 spiro atoms. The quantitative estimate of drug-likeness (QED) is 0.260. The number of guanidine groups is 1. The molecule has 1 heterocycles. The molecule has 2 rings (SSSR count). The van der Waals surface area contributed by atoms with E-state index in [9.17, 15) is 14.4 Å². The number of rotatable bonds is 6. The lowest BCUT2D eigenvalue weighted by Crippen LogP contribution is -2.47. The number of aliphatic imine (C=N–C) groups is 1. The van der Waals surface area contributed by atoms with E-state index >= 15 is 0 Å². The highest BCUT2D eigenvalue weighted by molar-refractivity contribution is 7.20. The number of benzene rings is 1. The Morgan fingerprint density at radius 1 is 0.939 bits per heavy atom. The second-order valence-corrected chi connectivity index (χ2v) is 10.4. The SMILES string of the molecule is CC(C)(C)OC(=O)NC(=NCCCCC(=O)c1nc2ccccc2s1)NC(=O)OC(C)(C)C. The van der Waals surface area contributed by atoms with Crippen LogP contribution in [0.3, 0.4) is 0 Å². The predicted molar refractivity (Wildman–Crippen MR) is 129 cm³/mol. The minimum absolute atomic E-state index is 0.0147. The van der Waals surface area contributed by atoms with Gasteiger partial charge in [-0.25, -0.2) is 14.6 Å². The maximum absolute atomic E-state index is 12.4. The summed E-state index contributed by atoms with van der Waals surface area (Å²) in [5.74, 6) is -0.0878. The average Bonchev–Trinajstić information content (AvgIpc) is 3.08. The molecule has 0 radical (unpaired) electrons. The van der Waals surface area contributed by atoms with Crippen LogP contribution in [-0.2, 0) is 9.47 Å². The van der Waals surface area contributed by atoms with Gasteiger partial charge < -0.3 is 9.47 Å². The number of hydrogen-bond donors (Lipinski definition) is 2. The number of ketones is 1. The van der Waals surface area contributed by atoms with Crippen LogP contribution in [0.5, 0.6) is 0 Å². The number of aromatic nitrogens is 1. The maximum Gasteiger partial charge on any atom is 0.414 e. The molecule has 0 bridgehead atoms. The van der Waals surface area contributed by atoms with E-state index in [1.807, 2.05) is 24.3 Å². The van der Waals surface area contributed by atoms with Crippen molar-refractivity contribution in [3.63, 3.8) is 0 Å². The number of fused-ring (bicyclic) bond motifs is 1. The molecule has 0 saturated carbocycles. The zero-order valence-corrected chi connectivity index (χ0v) is 20.8. The smallest absolute Gasteiger partial charge is 0.414 e. The molecule has 2 amide bonds.